The van der Waals surface area contributed by atoms with Gasteiger partial charge in [-0.25, -0.2) is 4.98 Å². The van der Waals surface area contributed by atoms with Gasteiger partial charge in [-0.3, -0.25) is 4.79 Å². The number of nitrogens with one attached hydrogen (secondary N) is 2. The lowest BCUT2D eigenvalue weighted by Crippen LogP contribution is -2.35. The highest BCUT2D eigenvalue weighted by molar-refractivity contribution is 7.22. The van der Waals surface area contributed by atoms with E-state index in [0.29, 0.717) is 5.13 Å². The van der Waals surface area contributed by atoms with Crippen LogP contribution in [0.1, 0.15) is 13.3 Å². The zero-order chi connectivity index (χ0) is 12.6. The summed E-state index contributed by atoms with van der Waals surface area (Å²) in [7, 11) is 0. The maximum atomic E-state index is 12.2. The van der Waals surface area contributed by atoms with E-state index in [4.69, 9.17) is 0 Å². The monoisotopic (exact) mass is 297 g/mol. The Hall–Kier alpha value is -1.17. The van der Waals surface area contributed by atoms with Gasteiger partial charge in [0.1, 0.15) is 0 Å². The molecule has 1 unspecified atom stereocenters. The van der Waals surface area contributed by atoms with Gasteiger partial charge in [0.25, 0.3) is 0 Å². The summed E-state index contributed by atoms with van der Waals surface area (Å²) in [6.45, 7) is 3.64. The Balaban J connectivity index is 0.00000133. The molecule has 2 aromatic rings. The normalized spacial score (nSPS) is 22.2. The lowest BCUT2D eigenvalue weighted by molar-refractivity contribution is -0.123. The van der Waals surface area contributed by atoms with Crippen molar-refractivity contribution < 1.29 is 4.79 Å². The second-order valence-corrected chi connectivity index (χ2v) is 5.96. The van der Waals surface area contributed by atoms with E-state index in [-0.39, 0.29) is 23.7 Å². The van der Waals surface area contributed by atoms with Crippen LogP contribution < -0.4 is 10.6 Å². The molecule has 1 atom stereocenters. The average Bonchev–Trinajstić information content (AvgIpc) is 2.95. The van der Waals surface area contributed by atoms with Gasteiger partial charge in [0, 0.05) is 6.54 Å². The highest BCUT2D eigenvalue weighted by Gasteiger charge is 2.36. The van der Waals surface area contributed by atoms with Crippen LogP contribution in [0.25, 0.3) is 10.2 Å². The summed E-state index contributed by atoms with van der Waals surface area (Å²) in [5, 5.41) is 6.86. The average molecular weight is 298 g/mol. The molecule has 6 heteroatoms. The van der Waals surface area contributed by atoms with Gasteiger partial charge >= 0.3 is 0 Å². The largest absolute Gasteiger partial charge is 0.316 e. The van der Waals surface area contributed by atoms with Crippen LogP contribution in [0.4, 0.5) is 5.13 Å². The molecule has 1 aromatic heterocycles. The van der Waals surface area contributed by atoms with E-state index in [0.717, 1.165) is 29.7 Å². The molecular weight excluding hydrogens is 282 g/mol. The molecule has 1 amide bonds. The van der Waals surface area contributed by atoms with Crippen LogP contribution in [-0.2, 0) is 4.79 Å². The standard InChI is InChI=1S/C13H15N3OS.ClH/c1-13(6-7-14-8-13)11(17)16-12-15-9-4-2-3-5-10(9)18-12;/h2-5,14H,6-8H2,1H3,(H,15,16,17);1H. The number of anilines is 1. The lowest BCUT2D eigenvalue weighted by Gasteiger charge is -2.20. The van der Waals surface area contributed by atoms with Crippen LogP contribution in [0.5, 0.6) is 0 Å². The number of thiazole rings is 1. The molecule has 0 bridgehead atoms. The summed E-state index contributed by atoms with van der Waals surface area (Å²) in [4.78, 5) is 16.7. The van der Waals surface area contributed by atoms with Crippen molar-refractivity contribution in [2.24, 2.45) is 5.41 Å². The first-order valence-electron chi connectivity index (χ1n) is 6.05. The van der Waals surface area contributed by atoms with Crippen molar-refractivity contribution in [1.29, 1.82) is 0 Å². The molecule has 1 fully saturated rings. The summed E-state index contributed by atoms with van der Waals surface area (Å²) in [5.41, 5.74) is 0.630. The first-order valence-corrected chi connectivity index (χ1v) is 6.87. The van der Waals surface area contributed by atoms with Crippen molar-refractivity contribution in [2.75, 3.05) is 18.4 Å². The zero-order valence-corrected chi connectivity index (χ0v) is 12.2. The van der Waals surface area contributed by atoms with Crippen molar-refractivity contribution >= 4 is 45.0 Å². The molecule has 0 saturated carbocycles. The Morgan fingerprint density at radius 1 is 1.47 bits per heavy atom. The number of hydrogen-bond acceptors (Lipinski definition) is 4. The van der Waals surface area contributed by atoms with Crippen molar-refractivity contribution in [3.8, 4) is 0 Å². The van der Waals surface area contributed by atoms with E-state index in [1.165, 1.54) is 11.3 Å². The minimum atomic E-state index is -0.308. The minimum absolute atomic E-state index is 0. The van der Waals surface area contributed by atoms with Gasteiger partial charge in [0.15, 0.2) is 5.13 Å². The van der Waals surface area contributed by atoms with Crippen LogP contribution in [0.3, 0.4) is 0 Å². The Kier molecular flexibility index (Phi) is 4.08. The van der Waals surface area contributed by atoms with E-state index in [2.05, 4.69) is 15.6 Å². The number of hydrogen-bond donors (Lipinski definition) is 2. The van der Waals surface area contributed by atoms with Crippen LogP contribution in [0.15, 0.2) is 24.3 Å². The quantitative estimate of drug-likeness (QED) is 0.896. The fourth-order valence-corrected chi connectivity index (χ4v) is 3.05. The summed E-state index contributed by atoms with van der Waals surface area (Å²) in [5.74, 6) is 0.0616. The number of fused-ring (bicyclic) bond motifs is 1. The van der Waals surface area contributed by atoms with Crippen molar-refractivity contribution in [3.05, 3.63) is 24.3 Å². The van der Waals surface area contributed by atoms with Crippen LogP contribution in [-0.4, -0.2) is 24.0 Å². The van der Waals surface area contributed by atoms with Crippen LogP contribution >= 0.6 is 23.7 Å². The number of aromatic nitrogens is 1. The van der Waals surface area contributed by atoms with Crippen molar-refractivity contribution in [3.63, 3.8) is 0 Å². The third-order valence-corrected chi connectivity index (χ3v) is 4.38. The number of rotatable bonds is 2. The molecule has 3 rings (SSSR count). The number of para-hydroxylation sites is 1. The van der Waals surface area contributed by atoms with Gasteiger partial charge in [-0.2, -0.15) is 0 Å². The van der Waals surface area contributed by atoms with E-state index in [1.807, 2.05) is 31.2 Å². The van der Waals surface area contributed by atoms with Crippen molar-refractivity contribution in [1.82, 2.24) is 10.3 Å². The van der Waals surface area contributed by atoms with Gasteiger partial charge in [0.2, 0.25) is 5.91 Å². The number of carbonyl (C=O) groups is 1. The Bertz CT molecular complexity index is 559. The Labute approximate surface area is 122 Å². The maximum absolute atomic E-state index is 12.2. The second-order valence-electron chi connectivity index (χ2n) is 4.93. The molecule has 0 radical (unpaired) electrons. The van der Waals surface area contributed by atoms with E-state index in [9.17, 15) is 4.79 Å². The summed E-state index contributed by atoms with van der Waals surface area (Å²) in [6, 6.07) is 7.91. The maximum Gasteiger partial charge on any atom is 0.233 e. The number of benzene rings is 1. The Morgan fingerprint density at radius 3 is 2.95 bits per heavy atom. The van der Waals surface area contributed by atoms with Gasteiger partial charge in [0.05, 0.1) is 15.6 Å². The number of carbonyl (C=O) groups excluding carboxylic acids is 1. The fourth-order valence-electron chi connectivity index (χ4n) is 2.18. The molecule has 102 valence electrons. The van der Waals surface area contributed by atoms with Gasteiger partial charge in [-0.1, -0.05) is 23.5 Å². The highest BCUT2D eigenvalue weighted by Crippen LogP contribution is 2.29. The van der Waals surface area contributed by atoms with Crippen LogP contribution in [0.2, 0.25) is 0 Å². The van der Waals surface area contributed by atoms with Crippen LogP contribution in [0, 0.1) is 5.41 Å². The zero-order valence-electron chi connectivity index (χ0n) is 10.6. The van der Waals surface area contributed by atoms with Crippen molar-refractivity contribution in [2.45, 2.75) is 13.3 Å². The lowest BCUT2D eigenvalue weighted by atomic mass is 9.89. The number of nitrogens with zero attached hydrogens (tertiary/aromatic N) is 1. The number of amides is 1. The SMILES string of the molecule is CC1(C(=O)Nc2nc3ccccc3s2)CCNC1.Cl. The molecule has 1 saturated heterocycles. The van der Waals surface area contributed by atoms with Gasteiger partial charge in [-0.05, 0) is 32.0 Å². The second kappa shape index (κ2) is 5.45. The molecule has 2 N–H and O–H groups in total. The fraction of sp³-hybridized carbons (Fsp3) is 0.385. The third-order valence-electron chi connectivity index (χ3n) is 3.43. The molecular formula is C13H16ClN3OS. The van der Waals surface area contributed by atoms with E-state index < -0.39 is 0 Å². The Morgan fingerprint density at radius 2 is 2.26 bits per heavy atom. The summed E-state index contributed by atoms with van der Waals surface area (Å²) >= 11 is 1.52. The van der Waals surface area contributed by atoms with Gasteiger partial charge < -0.3 is 10.6 Å². The first-order chi connectivity index (χ1) is 8.67. The highest BCUT2D eigenvalue weighted by atomic mass is 35.5. The molecule has 1 aliphatic rings. The van der Waals surface area contributed by atoms with Gasteiger partial charge in [-0.15, -0.1) is 12.4 Å². The number of halogens is 1. The van der Waals surface area contributed by atoms with E-state index >= 15 is 0 Å². The molecule has 1 aromatic carbocycles. The summed E-state index contributed by atoms with van der Waals surface area (Å²) < 4.78 is 1.10. The predicted molar refractivity (Wildman–Crippen MR) is 81.1 cm³/mol. The smallest absolute Gasteiger partial charge is 0.233 e. The molecule has 19 heavy (non-hydrogen) atoms. The molecule has 2 heterocycles. The molecule has 1 aliphatic heterocycles. The molecule has 0 spiro atoms. The third kappa shape index (κ3) is 2.73. The first kappa shape index (κ1) is 14.2. The topological polar surface area (TPSA) is 54.0 Å². The molecule has 4 nitrogen and oxygen atoms in total. The molecule has 0 aliphatic carbocycles. The van der Waals surface area contributed by atoms with E-state index in [1.54, 1.807) is 0 Å². The minimum Gasteiger partial charge on any atom is -0.316 e. The predicted octanol–water partition coefficient (Wildman–Crippen LogP) is 2.66. The summed E-state index contributed by atoms with van der Waals surface area (Å²) in [6.07, 6.45) is 0.879.